The van der Waals surface area contributed by atoms with Gasteiger partial charge in [0.15, 0.2) is 0 Å². The molecule has 0 bridgehead atoms. The topological polar surface area (TPSA) is 49.4 Å². The molecule has 0 fully saturated rings. The minimum atomic E-state index is -0.665. The molecule has 0 atom stereocenters. The summed E-state index contributed by atoms with van der Waals surface area (Å²) in [5.41, 5.74) is 1.43. The molecule has 2 amide bonds. The number of hydrogen-bond acceptors (Lipinski definition) is 2. The third kappa shape index (κ3) is 3.83. The van der Waals surface area contributed by atoms with E-state index < -0.39 is 11.8 Å². The van der Waals surface area contributed by atoms with Gasteiger partial charge in [-0.1, -0.05) is 48.0 Å². The zero-order chi connectivity index (χ0) is 15.2. The summed E-state index contributed by atoms with van der Waals surface area (Å²) in [4.78, 5) is 25.2. The second-order valence-electron chi connectivity index (χ2n) is 4.47. The molecular formula is C16H15ClN2O2. The van der Waals surface area contributed by atoms with Gasteiger partial charge in [-0.15, -0.1) is 0 Å². The largest absolute Gasteiger partial charge is 0.344 e. The number of carbonyl (C=O) groups excluding carboxylic acids is 2. The van der Waals surface area contributed by atoms with Crippen molar-refractivity contribution in [2.24, 2.45) is 0 Å². The molecule has 0 aliphatic carbocycles. The molecule has 0 unspecified atom stereocenters. The molecule has 2 aromatic rings. The molecule has 0 aromatic heterocycles. The van der Waals surface area contributed by atoms with Gasteiger partial charge in [-0.2, -0.15) is 0 Å². The van der Waals surface area contributed by atoms with Gasteiger partial charge >= 0.3 is 11.8 Å². The highest BCUT2D eigenvalue weighted by molar-refractivity contribution is 6.40. The van der Waals surface area contributed by atoms with Gasteiger partial charge < -0.3 is 10.2 Å². The van der Waals surface area contributed by atoms with Crippen LogP contribution in [0.3, 0.4) is 0 Å². The van der Waals surface area contributed by atoms with Gasteiger partial charge in [0.1, 0.15) is 0 Å². The van der Waals surface area contributed by atoms with Gasteiger partial charge in [-0.05, 0) is 23.8 Å². The number of likely N-dealkylation sites (N-methyl/N-ethyl adjacent to an activating group) is 1. The summed E-state index contributed by atoms with van der Waals surface area (Å²) in [6.07, 6.45) is 0. The lowest BCUT2D eigenvalue weighted by Gasteiger charge is -2.16. The van der Waals surface area contributed by atoms with Crippen LogP contribution in [0.5, 0.6) is 0 Å². The Labute approximate surface area is 128 Å². The summed E-state index contributed by atoms with van der Waals surface area (Å²) in [5.74, 6) is -1.28. The number of hydrogen-bond donors (Lipinski definition) is 1. The lowest BCUT2D eigenvalue weighted by atomic mass is 10.2. The molecule has 1 N–H and O–H groups in total. The van der Waals surface area contributed by atoms with Crippen molar-refractivity contribution < 1.29 is 9.59 Å². The number of amides is 2. The van der Waals surface area contributed by atoms with Crippen molar-refractivity contribution in [1.29, 1.82) is 0 Å². The first-order chi connectivity index (χ1) is 10.1. The van der Waals surface area contributed by atoms with Crippen LogP contribution >= 0.6 is 11.6 Å². The first kappa shape index (κ1) is 15.1. The van der Waals surface area contributed by atoms with Crippen molar-refractivity contribution in [3.05, 3.63) is 65.2 Å². The summed E-state index contributed by atoms with van der Waals surface area (Å²) in [7, 11) is 1.56. The predicted molar refractivity (Wildman–Crippen MR) is 83.2 cm³/mol. The highest BCUT2D eigenvalue weighted by Gasteiger charge is 2.19. The highest BCUT2D eigenvalue weighted by atomic mass is 35.5. The van der Waals surface area contributed by atoms with Gasteiger partial charge in [-0.25, -0.2) is 0 Å². The number of halogens is 1. The van der Waals surface area contributed by atoms with Crippen LogP contribution < -0.4 is 10.2 Å². The Morgan fingerprint density at radius 2 is 1.67 bits per heavy atom. The quantitative estimate of drug-likeness (QED) is 0.886. The van der Waals surface area contributed by atoms with E-state index in [0.29, 0.717) is 10.7 Å². The fourth-order valence-corrected chi connectivity index (χ4v) is 2.02. The Kier molecular flexibility index (Phi) is 4.95. The van der Waals surface area contributed by atoms with Gasteiger partial charge in [0.2, 0.25) is 0 Å². The van der Waals surface area contributed by atoms with Crippen LogP contribution in [0, 0.1) is 0 Å². The average Bonchev–Trinajstić information content (AvgIpc) is 2.53. The molecule has 5 heteroatoms. The summed E-state index contributed by atoms with van der Waals surface area (Å²) < 4.78 is 0. The van der Waals surface area contributed by atoms with Crippen LogP contribution in [0.1, 0.15) is 5.56 Å². The molecule has 0 aliphatic rings. The summed E-state index contributed by atoms with van der Waals surface area (Å²) >= 11 is 6.00. The average molecular weight is 303 g/mol. The van der Waals surface area contributed by atoms with Crippen LogP contribution in [-0.2, 0) is 16.1 Å². The third-order valence-electron chi connectivity index (χ3n) is 3.04. The lowest BCUT2D eigenvalue weighted by molar-refractivity contribution is -0.137. The number of anilines is 1. The van der Waals surface area contributed by atoms with E-state index in [4.69, 9.17) is 11.6 Å². The van der Waals surface area contributed by atoms with Crippen LogP contribution in [0.15, 0.2) is 54.6 Å². The minimum absolute atomic E-state index is 0.215. The van der Waals surface area contributed by atoms with Crippen molar-refractivity contribution in [3.8, 4) is 0 Å². The summed E-state index contributed by atoms with van der Waals surface area (Å²) in [6, 6.07) is 16.2. The molecule has 0 spiro atoms. The van der Waals surface area contributed by atoms with Crippen molar-refractivity contribution in [2.45, 2.75) is 6.54 Å². The van der Waals surface area contributed by atoms with Crippen LogP contribution in [0.2, 0.25) is 5.02 Å². The van der Waals surface area contributed by atoms with Crippen LogP contribution in [-0.4, -0.2) is 18.9 Å². The second-order valence-corrected chi connectivity index (χ2v) is 4.88. The van der Waals surface area contributed by atoms with E-state index in [2.05, 4.69) is 5.32 Å². The predicted octanol–water partition coefficient (Wildman–Crippen LogP) is 2.62. The number of nitrogens with one attached hydrogen (secondary N) is 1. The van der Waals surface area contributed by atoms with Gasteiger partial charge in [0, 0.05) is 24.3 Å². The van der Waals surface area contributed by atoms with E-state index in [1.807, 2.05) is 18.2 Å². The van der Waals surface area contributed by atoms with Gasteiger partial charge in [0.05, 0.1) is 0 Å². The molecule has 21 heavy (non-hydrogen) atoms. The lowest BCUT2D eigenvalue weighted by Crippen LogP contribution is -2.40. The first-order valence-corrected chi connectivity index (χ1v) is 6.81. The van der Waals surface area contributed by atoms with E-state index in [9.17, 15) is 9.59 Å². The van der Waals surface area contributed by atoms with Crippen molar-refractivity contribution >= 4 is 29.1 Å². The molecule has 0 aliphatic heterocycles. The van der Waals surface area contributed by atoms with Gasteiger partial charge in [-0.3, -0.25) is 9.59 Å². The summed E-state index contributed by atoms with van der Waals surface area (Å²) in [6.45, 7) is 0.215. The van der Waals surface area contributed by atoms with E-state index in [0.717, 1.165) is 5.56 Å². The number of rotatable bonds is 3. The smallest absolute Gasteiger partial charge is 0.316 e. The minimum Gasteiger partial charge on any atom is -0.344 e. The van der Waals surface area contributed by atoms with Crippen molar-refractivity contribution in [3.63, 3.8) is 0 Å². The van der Waals surface area contributed by atoms with Crippen LogP contribution in [0.25, 0.3) is 0 Å². The highest BCUT2D eigenvalue weighted by Crippen LogP contribution is 2.14. The molecule has 0 radical (unpaired) electrons. The van der Waals surface area contributed by atoms with Gasteiger partial charge in [0.25, 0.3) is 0 Å². The first-order valence-electron chi connectivity index (χ1n) is 6.44. The summed E-state index contributed by atoms with van der Waals surface area (Å²) in [5, 5.41) is 3.13. The van der Waals surface area contributed by atoms with Crippen molar-refractivity contribution in [1.82, 2.24) is 5.32 Å². The zero-order valence-electron chi connectivity index (χ0n) is 11.5. The number of carbonyl (C=O) groups is 2. The Balaban J connectivity index is 1.97. The Hall–Kier alpha value is -2.33. The molecule has 0 saturated carbocycles. The standard InChI is InChI=1S/C16H15ClN2O2/c1-19(13-8-3-2-4-9-13)16(21)15(20)18-11-12-7-5-6-10-14(12)17/h2-10H,11H2,1H3,(H,18,20). The molecule has 2 rings (SSSR count). The maximum Gasteiger partial charge on any atom is 0.316 e. The zero-order valence-corrected chi connectivity index (χ0v) is 12.3. The number of para-hydroxylation sites is 1. The molecule has 108 valence electrons. The van der Waals surface area contributed by atoms with Crippen LogP contribution in [0.4, 0.5) is 5.69 Å². The van der Waals surface area contributed by atoms with E-state index in [1.54, 1.807) is 43.4 Å². The Bertz CT molecular complexity index is 644. The molecule has 4 nitrogen and oxygen atoms in total. The maximum atomic E-state index is 12.0. The fourth-order valence-electron chi connectivity index (χ4n) is 1.81. The third-order valence-corrected chi connectivity index (χ3v) is 3.41. The number of nitrogens with zero attached hydrogens (tertiary/aromatic N) is 1. The molecule has 0 saturated heterocycles. The van der Waals surface area contributed by atoms with Crippen molar-refractivity contribution in [2.75, 3.05) is 11.9 Å². The van der Waals surface area contributed by atoms with E-state index in [1.165, 1.54) is 4.90 Å². The molecular weight excluding hydrogens is 288 g/mol. The molecule has 0 heterocycles. The maximum absolute atomic E-state index is 12.0. The normalized spacial score (nSPS) is 10.0. The Morgan fingerprint density at radius 3 is 2.33 bits per heavy atom. The SMILES string of the molecule is CN(C(=O)C(=O)NCc1ccccc1Cl)c1ccccc1. The molecule has 2 aromatic carbocycles. The Morgan fingerprint density at radius 1 is 1.05 bits per heavy atom. The van der Waals surface area contributed by atoms with E-state index in [-0.39, 0.29) is 6.54 Å². The fraction of sp³-hybridized carbons (Fsp3) is 0.125. The number of benzene rings is 2. The second kappa shape index (κ2) is 6.90. The van der Waals surface area contributed by atoms with E-state index >= 15 is 0 Å². The monoisotopic (exact) mass is 302 g/mol.